The van der Waals surface area contributed by atoms with Crippen LogP contribution in [0.15, 0.2) is 29.4 Å². The Morgan fingerprint density at radius 3 is 3.12 bits per heavy atom. The number of benzene rings is 1. The molecule has 1 aromatic carbocycles. The number of aromatic nitrogens is 4. The molecule has 17 heavy (non-hydrogen) atoms. The van der Waals surface area contributed by atoms with Gasteiger partial charge in [-0.1, -0.05) is 30.0 Å². The zero-order valence-electron chi connectivity index (χ0n) is 9.29. The number of fused-ring (bicyclic) bond motifs is 4. The molecular formula is C12H10N4S. The van der Waals surface area contributed by atoms with E-state index in [9.17, 15) is 0 Å². The lowest BCUT2D eigenvalue weighted by Gasteiger charge is -2.08. The SMILES string of the molecule is C[C@@H]1CSc2nc3nc4ccccc4c-3nn21. The number of thioether (sulfide) groups is 1. The maximum absolute atomic E-state index is 4.70. The highest BCUT2D eigenvalue weighted by atomic mass is 32.2. The van der Waals surface area contributed by atoms with Gasteiger partial charge < -0.3 is 0 Å². The average Bonchev–Trinajstić information content (AvgIpc) is 2.88. The third-order valence-electron chi connectivity index (χ3n) is 3.07. The van der Waals surface area contributed by atoms with Gasteiger partial charge in [0, 0.05) is 11.1 Å². The molecule has 84 valence electrons. The summed E-state index contributed by atoms with van der Waals surface area (Å²) in [4.78, 5) is 9.11. The molecule has 3 heterocycles. The van der Waals surface area contributed by atoms with Crippen LogP contribution in [0.1, 0.15) is 13.0 Å². The number of rotatable bonds is 0. The van der Waals surface area contributed by atoms with Crippen molar-refractivity contribution in [2.24, 2.45) is 0 Å². The van der Waals surface area contributed by atoms with E-state index in [-0.39, 0.29) is 0 Å². The summed E-state index contributed by atoms with van der Waals surface area (Å²) in [6, 6.07) is 8.48. The van der Waals surface area contributed by atoms with Gasteiger partial charge in [-0.05, 0) is 13.0 Å². The Bertz CT molecular complexity index is 690. The molecule has 0 aromatic heterocycles. The topological polar surface area (TPSA) is 43.6 Å². The van der Waals surface area contributed by atoms with Crippen molar-refractivity contribution in [2.45, 2.75) is 18.1 Å². The molecule has 0 saturated heterocycles. The Morgan fingerprint density at radius 2 is 2.18 bits per heavy atom. The number of hydrogen-bond donors (Lipinski definition) is 0. The molecule has 0 N–H and O–H groups in total. The van der Waals surface area contributed by atoms with E-state index in [0.29, 0.717) is 6.04 Å². The van der Waals surface area contributed by atoms with Crippen LogP contribution in [-0.2, 0) is 0 Å². The number of para-hydroxylation sites is 1. The van der Waals surface area contributed by atoms with Crippen LogP contribution in [-0.4, -0.2) is 25.5 Å². The first-order chi connectivity index (χ1) is 8.33. The Hall–Kier alpha value is -1.62. The molecule has 0 amide bonds. The van der Waals surface area contributed by atoms with E-state index in [1.165, 1.54) is 0 Å². The summed E-state index contributed by atoms with van der Waals surface area (Å²) < 4.78 is 2.02. The first-order valence-corrected chi connectivity index (χ1v) is 6.59. The summed E-state index contributed by atoms with van der Waals surface area (Å²) in [6.07, 6.45) is 0. The Balaban J connectivity index is 2.12. The van der Waals surface area contributed by atoms with Crippen molar-refractivity contribution in [3.05, 3.63) is 24.3 Å². The van der Waals surface area contributed by atoms with E-state index < -0.39 is 0 Å². The van der Waals surface area contributed by atoms with Gasteiger partial charge in [-0.3, -0.25) is 0 Å². The molecule has 5 heteroatoms. The van der Waals surface area contributed by atoms with E-state index in [2.05, 4.69) is 23.0 Å². The van der Waals surface area contributed by atoms with Gasteiger partial charge in [0.25, 0.3) is 0 Å². The van der Waals surface area contributed by atoms with Crippen molar-refractivity contribution >= 4 is 22.7 Å². The van der Waals surface area contributed by atoms with Gasteiger partial charge in [-0.25, -0.2) is 14.6 Å². The zero-order valence-corrected chi connectivity index (χ0v) is 10.1. The molecule has 0 bridgehead atoms. The van der Waals surface area contributed by atoms with Crippen LogP contribution < -0.4 is 0 Å². The lowest BCUT2D eigenvalue weighted by Crippen LogP contribution is -2.10. The molecule has 4 nitrogen and oxygen atoms in total. The fourth-order valence-electron chi connectivity index (χ4n) is 2.18. The molecule has 0 saturated carbocycles. The van der Waals surface area contributed by atoms with E-state index in [0.717, 1.165) is 33.3 Å². The highest BCUT2D eigenvalue weighted by Crippen LogP contribution is 2.35. The summed E-state index contributed by atoms with van der Waals surface area (Å²) in [5, 5.41) is 6.77. The maximum Gasteiger partial charge on any atom is 0.186 e. The molecule has 0 fully saturated rings. The highest BCUT2D eigenvalue weighted by Gasteiger charge is 2.25. The van der Waals surface area contributed by atoms with Crippen LogP contribution in [0.5, 0.6) is 0 Å². The van der Waals surface area contributed by atoms with Crippen molar-refractivity contribution < 1.29 is 0 Å². The Labute approximate surface area is 102 Å². The molecule has 1 atom stereocenters. The number of hydrogen-bond acceptors (Lipinski definition) is 4. The second kappa shape index (κ2) is 3.20. The van der Waals surface area contributed by atoms with Gasteiger partial charge in [-0.15, -0.1) is 0 Å². The van der Waals surface area contributed by atoms with Crippen LogP contribution in [0.4, 0.5) is 0 Å². The van der Waals surface area contributed by atoms with Crippen LogP contribution >= 0.6 is 11.8 Å². The summed E-state index contributed by atoms with van der Waals surface area (Å²) in [5.41, 5.74) is 1.89. The largest absolute Gasteiger partial charge is 0.238 e. The van der Waals surface area contributed by atoms with Crippen molar-refractivity contribution in [2.75, 3.05) is 5.75 Å². The molecular weight excluding hydrogens is 232 g/mol. The first kappa shape index (κ1) is 9.41. The monoisotopic (exact) mass is 242 g/mol. The molecule has 3 aliphatic heterocycles. The minimum atomic E-state index is 0.417. The molecule has 1 aromatic rings. The maximum atomic E-state index is 4.70. The number of nitrogens with zero attached hydrogens (tertiary/aromatic N) is 4. The summed E-state index contributed by atoms with van der Waals surface area (Å²) in [6.45, 7) is 2.17. The highest BCUT2D eigenvalue weighted by molar-refractivity contribution is 7.99. The molecule has 0 radical (unpaired) electrons. The second-order valence-electron chi connectivity index (χ2n) is 4.30. The Kier molecular flexibility index (Phi) is 1.77. The van der Waals surface area contributed by atoms with Gasteiger partial charge in [0.2, 0.25) is 0 Å². The minimum absolute atomic E-state index is 0.417. The summed E-state index contributed by atoms with van der Waals surface area (Å²) >= 11 is 1.75. The van der Waals surface area contributed by atoms with Gasteiger partial charge in [-0.2, -0.15) is 5.10 Å². The van der Waals surface area contributed by atoms with E-state index in [4.69, 9.17) is 5.10 Å². The van der Waals surface area contributed by atoms with Gasteiger partial charge in [0.05, 0.1) is 11.6 Å². The van der Waals surface area contributed by atoms with Crippen LogP contribution in [0.3, 0.4) is 0 Å². The predicted molar refractivity (Wildman–Crippen MR) is 67.4 cm³/mol. The van der Waals surface area contributed by atoms with Crippen LogP contribution in [0.2, 0.25) is 0 Å². The summed E-state index contributed by atoms with van der Waals surface area (Å²) in [5.74, 6) is 1.81. The fraction of sp³-hybridized carbons (Fsp3) is 0.250. The van der Waals surface area contributed by atoms with Crippen LogP contribution in [0.25, 0.3) is 22.4 Å². The van der Waals surface area contributed by atoms with E-state index in [1.807, 2.05) is 22.9 Å². The summed E-state index contributed by atoms with van der Waals surface area (Å²) in [7, 11) is 0. The predicted octanol–water partition coefficient (Wildman–Crippen LogP) is 2.60. The average molecular weight is 242 g/mol. The standard InChI is InChI=1S/C12H10N4S/c1-7-6-17-12-14-11-10(15-16(7)12)8-4-2-3-5-9(8)13-11/h2-5,7H,6H2,1H3/t7-/m1/s1. The van der Waals surface area contributed by atoms with Crippen LogP contribution in [0, 0.1) is 0 Å². The molecule has 3 aliphatic rings. The quantitative estimate of drug-likeness (QED) is 0.607. The first-order valence-electron chi connectivity index (χ1n) is 5.61. The van der Waals surface area contributed by atoms with Crippen molar-refractivity contribution in [1.82, 2.24) is 19.7 Å². The fourth-order valence-corrected chi connectivity index (χ4v) is 3.21. The van der Waals surface area contributed by atoms with Crippen molar-refractivity contribution in [3.63, 3.8) is 0 Å². The molecule has 0 spiro atoms. The third-order valence-corrected chi connectivity index (χ3v) is 4.26. The zero-order chi connectivity index (χ0) is 11.4. The van der Waals surface area contributed by atoms with Gasteiger partial charge >= 0.3 is 0 Å². The van der Waals surface area contributed by atoms with Gasteiger partial charge in [0.15, 0.2) is 11.0 Å². The minimum Gasteiger partial charge on any atom is -0.238 e. The third kappa shape index (κ3) is 1.23. The molecule has 0 unspecified atom stereocenters. The molecule has 0 aliphatic carbocycles. The van der Waals surface area contributed by atoms with Crippen molar-refractivity contribution in [1.29, 1.82) is 0 Å². The normalized spacial score (nSPS) is 19.0. The van der Waals surface area contributed by atoms with E-state index in [1.54, 1.807) is 11.8 Å². The van der Waals surface area contributed by atoms with Gasteiger partial charge in [0.1, 0.15) is 5.69 Å². The second-order valence-corrected chi connectivity index (χ2v) is 5.29. The van der Waals surface area contributed by atoms with E-state index >= 15 is 0 Å². The molecule has 4 rings (SSSR count). The lowest BCUT2D eigenvalue weighted by atomic mass is 10.2. The Morgan fingerprint density at radius 1 is 1.29 bits per heavy atom. The van der Waals surface area contributed by atoms with Crippen molar-refractivity contribution in [3.8, 4) is 11.5 Å². The lowest BCUT2D eigenvalue weighted by molar-refractivity contribution is 0.485. The smallest absolute Gasteiger partial charge is 0.186 e.